The number of amides is 1. The van der Waals surface area contributed by atoms with Gasteiger partial charge in [0.2, 0.25) is 0 Å². The van der Waals surface area contributed by atoms with E-state index in [4.69, 9.17) is 0 Å². The smallest absolute Gasteiger partial charge is 0.228 e. The van der Waals surface area contributed by atoms with Crippen LogP contribution in [-0.4, -0.2) is 18.5 Å². The molecule has 1 radical (unpaired) electrons. The van der Waals surface area contributed by atoms with Gasteiger partial charge < -0.3 is 0 Å². The summed E-state index contributed by atoms with van der Waals surface area (Å²) in [6.07, 6.45) is 14.1. The van der Waals surface area contributed by atoms with Gasteiger partial charge in [-0.1, -0.05) is 17.7 Å². The van der Waals surface area contributed by atoms with E-state index in [1.807, 2.05) is 0 Å². The van der Waals surface area contributed by atoms with Crippen LogP contribution in [0.2, 0.25) is 0 Å². The fraction of sp³-hybridized carbons (Fsp3) is 0.923. The molecule has 0 spiro atoms. The van der Waals surface area contributed by atoms with Gasteiger partial charge in [0.25, 0.3) is 0 Å². The molecule has 0 aliphatic heterocycles. The first kappa shape index (κ1) is 11.1. The van der Waals surface area contributed by atoms with Gasteiger partial charge in [-0.15, -0.1) is 0 Å². The molecule has 85 valence electrons. The second-order valence-electron chi connectivity index (χ2n) is 5.14. The Hall–Kier alpha value is -0.370. The fourth-order valence-corrected chi connectivity index (χ4v) is 3.23. The van der Waals surface area contributed by atoms with E-state index in [2.05, 4.69) is 4.90 Å². The highest BCUT2D eigenvalue weighted by Gasteiger charge is 2.37. The van der Waals surface area contributed by atoms with Crippen molar-refractivity contribution in [3.63, 3.8) is 0 Å². The van der Waals surface area contributed by atoms with Crippen LogP contribution < -0.4 is 4.90 Å². The molecule has 2 rings (SSSR count). The molecule has 0 bridgehead atoms. The van der Waals surface area contributed by atoms with Crippen LogP contribution in [0.1, 0.15) is 64.2 Å². The molecule has 0 aromatic rings. The molecule has 2 nitrogen and oxygen atoms in total. The van der Waals surface area contributed by atoms with Crippen molar-refractivity contribution in [1.29, 1.82) is 0 Å². The molecule has 2 heteroatoms. The maximum Gasteiger partial charge on any atom is 0.349 e. The third-order valence-electron chi connectivity index (χ3n) is 4.11. The van der Waals surface area contributed by atoms with Crippen molar-refractivity contribution in [3.8, 4) is 0 Å². The van der Waals surface area contributed by atoms with E-state index in [0.717, 1.165) is 6.41 Å². The average molecular weight is 209 g/mol. The summed E-state index contributed by atoms with van der Waals surface area (Å²) in [7, 11) is 0. The minimum absolute atomic E-state index is 0.569. The van der Waals surface area contributed by atoms with E-state index < -0.39 is 0 Å². The molecule has 0 heterocycles. The molecule has 15 heavy (non-hydrogen) atoms. The molecule has 0 saturated heterocycles. The third-order valence-corrected chi connectivity index (χ3v) is 4.11. The fourth-order valence-electron chi connectivity index (χ4n) is 3.23. The minimum Gasteiger partial charge on any atom is -0.228 e. The molecule has 0 aromatic carbocycles. The lowest BCUT2D eigenvalue weighted by atomic mass is 9.89. The van der Waals surface area contributed by atoms with Crippen molar-refractivity contribution in [2.45, 2.75) is 76.3 Å². The number of hydrogen-bond donors (Lipinski definition) is 0. The van der Waals surface area contributed by atoms with Crippen LogP contribution in [0.25, 0.3) is 0 Å². The number of hydrogen-bond acceptors (Lipinski definition) is 1. The van der Waals surface area contributed by atoms with Gasteiger partial charge in [-0.2, -0.15) is 0 Å². The first-order valence-electron chi connectivity index (χ1n) is 6.64. The minimum atomic E-state index is 0.569. The summed E-state index contributed by atoms with van der Waals surface area (Å²) >= 11 is 0. The van der Waals surface area contributed by atoms with Crippen molar-refractivity contribution in [3.05, 3.63) is 0 Å². The first-order valence-corrected chi connectivity index (χ1v) is 6.64. The van der Waals surface area contributed by atoms with Crippen molar-refractivity contribution in [1.82, 2.24) is 4.90 Å². The van der Waals surface area contributed by atoms with E-state index in [1.54, 1.807) is 0 Å². The molecule has 1 amide bonds. The topological polar surface area (TPSA) is 23.0 Å². The van der Waals surface area contributed by atoms with E-state index in [1.165, 1.54) is 64.2 Å². The summed E-state index contributed by atoms with van der Waals surface area (Å²) < 4.78 is 0. The van der Waals surface area contributed by atoms with Crippen molar-refractivity contribution >= 4 is 6.41 Å². The highest BCUT2D eigenvalue weighted by Crippen LogP contribution is 2.27. The van der Waals surface area contributed by atoms with Crippen LogP contribution in [0.5, 0.6) is 0 Å². The van der Waals surface area contributed by atoms with Crippen molar-refractivity contribution in [2.24, 2.45) is 0 Å². The van der Waals surface area contributed by atoms with Crippen LogP contribution in [0.15, 0.2) is 0 Å². The van der Waals surface area contributed by atoms with Gasteiger partial charge in [-0.25, -0.2) is 4.79 Å². The molecular weight excluding hydrogens is 186 g/mol. The highest BCUT2D eigenvalue weighted by atomic mass is 16.1. The lowest BCUT2D eigenvalue weighted by Crippen LogP contribution is -2.49. The van der Waals surface area contributed by atoms with Crippen LogP contribution in [0, 0.1) is 0 Å². The zero-order chi connectivity index (χ0) is 10.5. The summed E-state index contributed by atoms with van der Waals surface area (Å²) in [4.78, 5) is 13.4. The zero-order valence-electron chi connectivity index (χ0n) is 9.66. The summed E-state index contributed by atoms with van der Waals surface area (Å²) in [6, 6.07) is 1.14. The SMILES string of the molecule is O=C[N+](C1CCCCC1)C1CCCCC1. The molecule has 0 unspecified atom stereocenters. The molecular formula is C13H23NO+. The first-order chi connectivity index (χ1) is 7.42. The number of nitrogens with zero attached hydrogens (tertiary/aromatic N) is 1. The summed E-state index contributed by atoms with van der Waals surface area (Å²) in [5, 5.41) is 0. The maximum atomic E-state index is 11.2. The largest absolute Gasteiger partial charge is 0.349 e. The van der Waals surface area contributed by atoms with Crippen LogP contribution in [0.4, 0.5) is 0 Å². The van der Waals surface area contributed by atoms with E-state index in [-0.39, 0.29) is 0 Å². The standard InChI is InChI=1S/C13H23NO/c15-11-14(12-7-3-1-4-8-12)13-9-5-2-6-10-13/h11-13H,1-10H2/q+1. The number of rotatable bonds is 3. The molecule has 2 aliphatic rings. The molecule has 2 saturated carbocycles. The zero-order valence-corrected chi connectivity index (χ0v) is 9.66. The summed E-state index contributed by atoms with van der Waals surface area (Å²) in [5.41, 5.74) is 0. The van der Waals surface area contributed by atoms with Gasteiger partial charge in [0.05, 0.1) is 0 Å². The van der Waals surface area contributed by atoms with Gasteiger partial charge in [-0.3, -0.25) is 0 Å². The Morgan fingerprint density at radius 2 is 1.13 bits per heavy atom. The van der Waals surface area contributed by atoms with Gasteiger partial charge >= 0.3 is 6.41 Å². The van der Waals surface area contributed by atoms with Crippen LogP contribution >= 0.6 is 0 Å². The van der Waals surface area contributed by atoms with Crippen LogP contribution in [0.3, 0.4) is 0 Å². The quantitative estimate of drug-likeness (QED) is 0.517. The van der Waals surface area contributed by atoms with Crippen molar-refractivity contribution < 1.29 is 4.79 Å². The normalized spacial score (nSPS) is 25.7. The van der Waals surface area contributed by atoms with Crippen LogP contribution in [-0.2, 0) is 4.79 Å². The van der Waals surface area contributed by atoms with E-state index >= 15 is 0 Å². The summed E-state index contributed by atoms with van der Waals surface area (Å²) in [6.45, 7) is 0. The van der Waals surface area contributed by atoms with Gasteiger partial charge in [0.15, 0.2) is 0 Å². The third kappa shape index (κ3) is 2.81. The lowest BCUT2D eigenvalue weighted by Gasteiger charge is -2.28. The predicted molar refractivity (Wildman–Crippen MR) is 61.9 cm³/mol. The molecule has 2 fully saturated rings. The Morgan fingerprint density at radius 3 is 1.47 bits per heavy atom. The second kappa shape index (κ2) is 5.64. The Bertz CT molecular complexity index is 175. The molecule has 2 aliphatic carbocycles. The molecule has 0 atom stereocenters. The van der Waals surface area contributed by atoms with Crippen molar-refractivity contribution in [2.75, 3.05) is 0 Å². The molecule has 0 aromatic heterocycles. The Balaban J connectivity index is 1.91. The molecule has 0 N–H and O–H groups in total. The maximum absolute atomic E-state index is 11.2. The van der Waals surface area contributed by atoms with Gasteiger partial charge in [-0.05, 0) is 25.7 Å². The highest BCUT2D eigenvalue weighted by molar-refractivity contribution is 5.52. The van der Waals surface area contributed by atoms with E-state index in [9.17, 15) is 4.79 Å². The lowest BCUT2D eigenvalue weighted by molar-refractivity contribution is -0.117. The van der Waals surface area contributed by atoms with Gasteiger partial charge in [0.1, 0.15) is 12.1 Å². The Labute approximate surface area is 93.0 Å². The average Bonchev–Trinajstić information content (AvgIpc) is 2.33. The Morgan fingerprint density at radius 1 is 0.733 bits per heavy atom. The number of carbonyl (C=O) groups excluding carboxylic acids is 1. The second-order valence-corrected chi connectivity index (χ2v) is 5.14. The predicted octanol–water partition coefficient (Wildman–Crippen LogP) is 2.95. The van der Waals surface area contributed by atoms with E-state index in [0.29, 0.717) is 12.1 Å². The number of carbonyl (C=O) groups is 1. The monoisotopic (exact) mass is 209 g/mol. The Kier molecular flexibility index (Phi) is 4.18. The van der Waals surface area contributed by atoms with Gasteiger partial charge in [0, 0.05) is 25.7 Å². The summed E-state index contributed by atoms with van der Waals surface area (Å²) in [5.74, 6) is 0.